The molecule has 2 N–H and O–H groups in total. The van der Waals surface area contributed by atoms with Gasteiger partial charge in [-0.05, 0) is 58.6 Å². The second-order valence-electron chi connectivity index (χ2n) is 4.51. The Hall–Kier alpha value is -0.710. The lowest BCUT2D eigenvalue weighted by Crippen LogP contribution is -2.21. The van der Waals surface area contributed by atoms with Gasteiger partial charge in [0.2, 0.25) is 0 Å². The molecule has 0 amide bonds. The smallest absolute Gasteiger partial charge is 0.113 e. The summed E-state index contributed by atoms with van der Waals surface area (Å²) in [6.45, 7) is 2.12. The molecule has 2 aromatic rings. The van der Waals surface area contributed by atoms with E-state index in [1.807, 2.05) is 12.1 Å². The van der Waals surface area contributed by atoms with Gasteiger partial charge in [-0.3, -0.25) is 0 Å². The quantitative estimate of drug-likeness (QED) is 0.780. The number of hydrogen-bond acceptors (Lipinski definition) is 3. The molecule has 102 valence electrons. The number of benzene rings is 1. The summed E-state index contributed by atoms with van der Waals surface area (Å²) < 4.78 is 6.46. The van der Waals surface area contributed by atoms with Crippen molar-refractivity contribution in [2.24, 2.45) is 5.73 Å². The van der Waals surface area contributed by atoms with Crippen molar-refractivity contribution in [1.82, 2.24) is 0 Å². The first-order valence-electron chi connectivity index (χ1n) is 6.38. The zero-order chi connectivity index (χ0) is 13.7. The van der Waals surface area contributed by atoms with Crippen LogP contribution in [-0.4, -0.2) is 6.04 Å². The van der Waals surface area contributed by atoms with Crippen molar-refractivity contribution in [3.8, 4) is 0 Å². The normalized spacial score (nSPS) is 12.6. The minimum absolute atomic E-state index is 0.244. The highest BCUT2D eigenvalue weighted by Crippen LogP contribution is 2.31. The van der Waals surface area contributed by atoms with Crippen molar-refractivity contribution in [1.29, 1.82) is 0 Å². The molecule has 1 aromatic carbocycles. The van der Waals surface area contributed by atoms with Crippen LogP contribution in [0.5, 0.6) is 0 Å². The molecule has 0 bridgehead atoms. The number of furan rings is 1. The van der Waals surface area contributed by atoms with Crippen LogP contribution < -0.4 is 5.73 Å². The monoisotopic (exact) mass is 339 g/mol. The molecular formula is C15H18BrNOS. The maximum Gasteiger partial charge on any atom is 0.113 e. The van der Waals surface area contributed by atoms with Gasteiger partial charge in [-0.15, -0.1) is 11.8 Å². The van der Waals surface area contributed by atoms with Gasteiger partial charge in [0, 0.05) is 15.4 Å². The maximum atomic E-state index is 5.98. The van der Waals surface area contributed by atoms with Gasteiger partial charge in [0.05, 0.1) is 12.0 Å². The van der Waals surface area contributed by atoms with Crippen molar-refractivity contribution in [2.75, 3.05) is 0 Å². The molecular weight excluding hydrogens is 322 g/mol. The van der Waals surface area contributed by atoms with E-state index in [1.54, 1.807) is 18.0 Å². The van der Waals surface area contributed by atoms with E-state index in [0.29, 0.717) is 0 Å². The van der Waals surface area contributed by atoms with Crippen LogP contribution in [0.4, 0.5) is 0 Å². The molecule has 0 aliphatic rings. The molecule has 1 heterocycles. The number of nitrogens with two attached hydrogens (primary N) is 1. The lowest BCUT2D eigenvalue weighted by molar-refractivity contribution is 0.530. The second kappa shape index (κ2) is 7.17. The summed E-state index contributed by atoms with van der Waals surface area (Å²) in [7, 11) is 0. The SMILES string of the molecule is CCC(N)Cc1ccc(SCc2ccco2)c(Br)c1. The number of halogens is 1. The van der Waals surface area contributed by atoms with E-state index in [2.05, 4.69) is 41.1 Å². The number of thioether (sulfide) groups is 1. The first-order valence-corrected chi connectivity index (χ1v) is 8.16. The highest BCUT2D eigenvalue weighted by molar-refractivity contribution is 9.10. The van der Waals surface area contributed by atoms with Crippen LogP contribution >= 0.6 is 27.7 Å². The van der Waals surface area contributed by atoms with Gasteiger partial charge in [0.1, 0.15) is 5.76 Å². The van der Waals surface area contributed by atoms with E-state index in [0.717, 1.165) is 28.8 Å². The van der Waals surface area contributed by atoms with Crippen LogP contribution in [0.1, 0.15) is 24.7 Å². The molecule has 0 spiro atoms. The second-order valence-corrected chi connectivity index (χ2v) is 6.38. The Labute approximate surface area is 126 Å². The predicted molar refractivity (Wildman–Crippen MR) is 84.4 cm³/mol. The van der Waals surface area contributed by atoms with E-state index in [9.17, 15) is 0 Å². The van der Waals surface area contributed by atoms with Gasteiger partial charge in [0.15, 0.2) is 0 Å². The summed E-state index contributed by atoms with van der Waals surface area (Å²) in [6.07, 6.45) is 3.64. The van der Waals surface area contributed by atoms with Gasteiger partial charge in [-0.1, -0.05) is 13.0 Å². The Bertz CT molecular complexity index is 513. The summed E-state index contributed by atoms with van der Waals surface area (Å²) in [5.74, 6) is 1.84. The van der Waals surface area contributed by atoms with Crippen LogP contribution in [0.15, 0.2) is 50.4 Å². The molecule has 4 heteroatoms. The molecule has 0 aliphatic heterocycles. The van der Waals surface area contributed by atoms with Crippen molar-refractivity contribution in [3.63, 3.8) is 0 Å². The van der Waals surface area contributed by atoms with Crippen LogP contribution in [0.25, 0.3) is 0 Å². The molecule has 1 aromatic heterocycles. The molecule has 0 saturated heterocycles. The van der Waals surface area contributed by atoms with Crippen LogP contribution in [0.2, 0.25) is 0 Å². The molecule has 2 nitrogen and oxygen atoms in total. The molecule has 1 unspecified atom stereocenters. The fourth-order valence-corrected chi connectivity index (χ4v) is 3.37. The zero-order valence-electron chi connectivity index (χ0n) is 10.9. The zero-order valence-corrected chi connectivity index (χ0v) is 13.3. The van der Waals surface area contributed by atoms with E-state index in [1.165, 1.54) is 10.5 Å². The molecule has 0 saturated carbocycles. The minimum atomic E-state index is 0.244. The fourth-order valence-electron chi connectivity index (χ4n) is 1.78. The maximum absolute atomic E-state index is 5.98. The molecule has 2 rings (SSSR count). The standard InChI is InChI=1S/C15H18BrNOS/c1-2-12(17)8-11-5-6-15(14(16)9-11)19-10-13-4-3-7-18-13/h3-7,9,12H,2,8,10,17H2,1H3. The summed E-state index contributed by atoms with van der Waals surface area (Å²) in [6, 6.07) is 10.6. The highest BCUT2D eigenvalue weighted by Gasteiger charge is 2.06. The Morgan fingerprint density at radius 3 is 2.84 bits per heavy atom. The van der Waals surface area contributed by atoms with Gasteiger partial charge < -0.3 is 10.2 Å². The predicted octanol–water partition coefficient (Wildman–Crippen LogP) is 4.61. The van der Waals surface area contributed by atoms with E-state index < -0.39 is 0 Å². The average molecular weight is 340 g/mol. The molecule has 1 atom stereocenters. The topological polar surface area (TPSA) is 39.2 Å². The van der Waals surface area contributed by atoms with E-state index in [4.69, 9.17) is 10.2 Å². The highest BCUT2D eigenvalue weighted by atomic mass is 79.9. The van der Waals surface area contributed by atoms with Crippen LogP contribution in [0, 0.1) is 0 Å². The lowest BCUT2D eigenvalue weighted by atomic mass is 10.1. The van der Waals surface area contributed by atoms with E-state index >= 15 is 0 Å². The molecule has 0 aliphatic carbocycles. The van der Waals surface area contributed by atoms with Crippen molar-refractivity contribution in [3.05, 3.63) is 52.4 Å². The van der Waals surface area contributed by atoms with Gasteiger partial charge in [-0.25, -0.2) is 0 Å². The van der Waals surface area contributed by atoms with Crippen molar-refractivity contribution >= 4 is 27.7 Å². The third-order valence-electron chi connectivity index (χ3n) is 2.97. The van der Waals surface area contributed by atoms with Crippen LogP contribution in [-0.2, 0) is 12.2 Å². The first kappa shape index (κ1) is 14.7. The summed E-state index contributed by atoms with van der Waals surface area (Å²) in [4.78, 5) is 1.23. The van der Waals surface area contributed by atoms with Crippen molar-refractivity contribution < 1.29 is 4.42 Å². The van der Waals surface area contributed by atoms with Crippen LogP contribution in [0.3, 0.4) is 0 Å². The summed E-state index contributed by atoms with van der Waals surface area (Å²) in [5, 5.41) is 0. The lowest BCUT2D eigenvalue weighted by Gasteiger charge is -2.10. The fraction of sp³-hybridized carbons (Fsp3) is 0.333. The molecule has 0 fully saturated rings. The Morgan fingerprint density at radius 1 is 1.37 bits per heavy atom. The average Bonchev–Trinajstić information content (AvgIpc) is 2.91. The van der Waals surface area contributed by atoms with Crippen molar-refractivity contribution in [2.45, 2.75) is 36.5 Å². The number of rotatable bonds is 6. The molecule has 19 heavy (non-hydrogen) atoms. The Balaban J connectivity index is 1.98. The first-order chi connectivity index (χ1) is 9.19. The van der Waals surface area contributed by atoms with Gasteiger partial charge >= 0.3 is 0 Å². The Kier molecular flexibility index (Phi) is 5.55. The minimum Gasteiger partial charge on any atom is -0.468 e. The third-order valence-corrected chi connectivity index (χ3v) is 4.98. The largest absolute Gasteiger partial charge is 0.468 e. The summed E-state index contributed by atoms with van der Waals surface area (Å²) >= 11 is 5.40. The Morgan fingerprint density at radius 2 is 2.21 bits per heavy atom. The number of hydrogen-bond donors (Lipinski definition) is 1. The van der Waals surface area contributed by atoms with E-state index in [-0.39, 0.29) is 6.04 Å². The third kappa shape index (κ3) is 4.41. The summed E-state index contributed by atoms with van der Waals surface area (Å²) in [5.41, 5.74) is 7.26. The van der Waals surface area contributed by atoms with Gasteiger partial charge in [0.25, 0.3) is 0 Å². The molecule has 0 radical (unpaired) electrons. The van der Waals surface area contributed by atoms with Gasteiger partial charge in [-0.2, -0.15) is 0 Å².